The Morgan fingerprint density at radius 1 is 1.25 bits per heavy atom. The summed E-state index contributed by atoms with van der Waals surface area (Å²) in [4.78, 5) is 2.56. The first-order valence-corrected chi connectivity index (χ1v) is 8.71. The van der Waals surface area contributed by atoms with Crippen molar-refractivity contribution in [3.8, 4) is 0 Å². The Balaban J connectivity index is 1.69. The van der Waals surface area contributed by atoms with Gasteiger partial charge < -0.3 is 10.2 Å². The highest BCUT2D eigenvalue weighted by Gasteiger charge is 2.24. The van der Waals surface area contributed by atoms with Gasteiger partial charge in [0.2, 0.25) is 0 Å². The molecule has 1 aliphatic carbocycles. The fourth-order valence-electron chi connectivity index (χ4n) is 3.21. The average molecular weight is 337 g/mol. The van der Waals surface area contributed by atoms with Crippen molar-refractivity contribution in [1.82, 2.24) is 5.32 Å². The molecule has 0 bridgehead atoms. The summed E-state index contributed by atoms with van der Waals surface area (Å²) in [5.41, 5.74) is 2.74. The predicted molar refractivity (Wildman–Crippen MR) is 89.2 cm³/mol. The third kappa shape index (κ3) is 3.37. The summed E-state index contributed by atoms with van der Waals surface area (Å²) in [6.45, 7) is 6.90. The maximum absolute atomic E-state index is 3.78. The van der Waals surface area contributed by atoms with Crippen LogP contribution in [-0.4, -0.2) is 18.6 Å². The van der Waals surface area contributed by atoms with Gasteiger partial charge in [-0.05, 0) is 72.2 Å². The van der Waals surface area contributed by atoms with Crippen LogP contribution in [0.5, 0.6) is 0 Å². The van der Waals surface area contributed by atoms with Crippen LogP contribution in [0.1, 0.15) is 45.1 Å². The van der Waals surface area contributed by atoms with Crippen LogP contribution >= 0.6 is 15.9 Å². The number of anilines is 1. The molecule has 0 spiro atoms. The summed E-state index contributed by atoms with van der Waals surface area (Å²) in [6, 6.07) is 8.28. The fraction of sp³-hybridized carbons (Fsp3) is 0.647. The molecule has 20 heavy (non-hydrogen) atoms. The lowest BCUT2D eigenvalue weighted by atomic mass is 9.93. The first-order chi connectivity index (χ1) is 9.63. The van der Waals surface area contributed by atoms with Gasteiger partial charge in [-0.2, -0.15) is 0 Å². The molecule has 3 heteroatoms. The number of rotatable bonds is 4. The van der Waals surface area contributed by atoms with Crippen molar-refractivity contribution in [2.24, 2.45) is 5.92 Å². The highest BCUT2D eigenvalue weighted by Crippen LogP contribution is 2.33. The Morgan fingerprint density at radius 3 is 2.70 bits per heavy atom. The third-order valence-electron chi connectivity index (χ3n) is 4.63. The number of halogens is 1. The van der Waals surface area contributed by atoms with E-state index in [2.05, 4.69) is 58.2 Å². The summed E-state index contributed by atoms with van der Waals surface area (Å²) in [5, 5.41) is 3.58. The lowest BCUT2D eigenvalue weighted by Gasteiger charge is -2.39. The Labute approximate surface area is 131 Å². The molecular formula is C17H25BrN2. The minimum atomic E-state index is 0.644. The lowest BCUT2D eigenvalue weighted by molar-refractivity contribution is 0.377. The molecule has 1 saturated carbocycles. The second-order valence-electron chi connectivity index (χ2n) is 6.61. The number of hydrogen-bond acceptors (Lipinski definition) is 2. The molecule has 1 saturated heterocycles. The highest BCUT2D eigenvalue weighted by molar-refractivity contribution is 9.10. The molecule has 2 atom stereocenters. The molecule has 1 heterocycles. The highest BCUT2D eigenvalue weighted by atomic mass is 79.9. The molecule has 1 N–H and O–H groups in total. The third-order valence-corrected chi connectivity index (χ3v) is 5.27. The topological polar surface area (TPSA) is 15.3 Å². The average Bonchev–Trinajstić information content (AvgIpc) is 3.22. The Bertz CT molecular complexity index is 470. The molecule has 0 amide bonds. The number of hydrogen-bond donors (Lipinski definition) is 1. The number of piperidine rings is 1. The summed E-state index contributed by atoms with van der Waals surface area (Å²) >= 11 is 3.78. The molecule has 1 aliphatic heterocycles. The van der Waals surface area contributed by atoms with E-state index in [0.717, 1.165) is 18.5 Å². The number of nitrogens with one attached hydrogen (secondary N) is 1. The smallest absolute Gasteiger partial charge is 0.0513 e. The van der Waals surface area contributed by atoms with E-state index in [1.54, 1.807) is 0 Å². The zero-order valence-corrected chi connectivity index (χ0v) is 14.1. The van der Waals surface area contributed by atoms with Crippen molar-refractivity contribution in [2.45, 2.75) is 58.2 Å². The van der Waals surface area contributed by atoms with E-state index in [9.17, 15) is 0 Å². The first-order valence-electron chi connectivity index (χ1n) is 7.92. The summed E-state index contributed by atoms with van der Waals surface area (Å²) in [7, 11) is 0. The van der Waals surface area contributed by atoms with Gasteiger partial charge in [0.25, 0.3) is 0 Å². The van der Waals surface area contributed by atoms with Crippen molar-refractivity contribution in [2.75, 3.05) is 11.4 Å². The second-order valence-corrected chi connectivity index (χ2v) is 7.47. The van der Waals surface area contributed by atoms with E-state index in [-0.39, 0.29) is 0 Å². The van der Waals surface area contributed by atoms with Gasteiger partial charge in [0.1, 0.15) is 0 Å². The monoisotopic (exact) mass is 336 g/mol. The molecule has 1 aromatic rings. The number of nitrogens with zero attached hydrogens (tertiary/aromatic N) is 1. The van der Waals surface area contributed by atoms with Crippen LogP contribution in [0, 0.1) is 5.92 Å². The van der Waals surface area contributed by atoms with Gasteiger partial charge in [-0.25, -0.2) is 0 Å². The molecule has 3 rings (SSSR count). The Hall–Kier alpha value is -0.540. The van der Waals surface area contributed by atoms with Gasteiger partial charge in [0, 0.05) is 29.6 Å². The first kappa shape index (κ1) is 14.4. The van der Waals surface area contributed by atoms with Crippen LogP contribution in [0.2, 0.25) is 0 Å². The summed E-state index contributed by atoms with van der Waals surface area (Å²) < 4.78 is 1.24. The number of benzene rings is 1. The van der Waals surface area contributed by atoms with Crippen LogP contribution in [0.4, 0.5) is 5.69 Å². The van der Waals surface area contributed by atoms with Crippen molar-refractivity contribution in [1.29, 1.82) is 0 Å². The molecule has 2 unspecified atom stereocenters. The van der Waals surface area contributed by atoms with Gasteiger partial charge in [0.05, 0.1) is 5.69 Å². The van der Waals surface area contributed by atoms with Crippen molar-refractivity contribution in [3.63, 3.8) is 0 Å². The Kier molecular flexibility index (Phi) is 4.37. The largest absolute Gasteiger partial charge is 0.368 e. The predicted octanol–water partition coefficient (Wildman–Crippen LogP) is 4.33. The van der Waals surface area contributed by atoms with E-state index in [0.29, 0.717) is 6.04 Å². The minimum Gasteiger partial charge on any atom is -0.368 e. The second kappa shape index (κ2) is 6.07. The molecular weight excluding hydrogens is 312 g/mol. The molecule has 0 aromatic heterocycles. The van der Waals surface area contributed by atoms with Crippen LogP contribution in [0.25, 0.3) is 0 Å². The quantitative estimate of drug-likeness (QED) is 0.880. The fourth-order valence-corrected chi connectivity index (χ4v) is 3.86. The maximum Gasteiger partial charge on any atom is 0.0513 e. The van der Waals surface area contributed by atoms with Crippen molar-refractivity contribution < 1.29 is 0 Å². The van der Waals surface area contributed by atoms with E-state index in [1.807, 2.05) is 0 Å². The maximum atomic E-state index is 3.78. The van der Waals surface area contributed by atoms with Crippen molar-refractivity contribution in [3.05, 3.63) is 28.2 Å². The normalized spacial score (nSPS) is 26.9. The van der Waals surface area contributed by atoms with Crippen LogP contribution in [-0.2, 0) is 6.54 Å². The van der Waals surface area contributed by atoms with Gasteiger partial charge in [-0.3, -0.25) is 0 Å². The van der Waals surface area contributed by atoms with E-state index >= 15 is 0 Å². The summed E-state index contributed by atoms with van der Waals surface area (Å²) in [6.07, 6.45) is 5.31. The van der Waals surface area contributed by atoms with Gasteiger partial charge >= 0.3 is 0 Å². The molecule has 1 aromatic carbocycles. The van der Waals surface area contributed by atoms with E-state index < -0.39 is 0 Å². The lowest BCUT2D eigenvalue weighted by Crippen LogP contribution is -2.40. The SMILES string of the molecule is CC1CCN(c2ccc(CNC3CC3)cc2Br)C(C)C1. The van der Waals surface area contributed by atoms with Crippen LogP contribution in [0.3, 0.4) is 0 Å². The van der Waals surface area contributed by atoms with Gasteiger partial charge in [-0.15, -0.1) is 0 Å². The van der Waals surface area contributed by atoms with Crippen molar-refractivity contribution >= 4 is 21.6 Å². The van der Waals surface area contributed by atoms with Gasteiger partial charge in [-0.1, -0.05) is 13.0 Å². The molecule has 2 aliphatic rings. The van der Waals surface area contributed by atoms with E-state index in [1.165, 1.54) is 48.0 Å². The Morgan fingerprint density at radius 2 is 2.05 bits per heavy atom. The molecule has 2 nitrogen and oxygen atoms in total. The standard InChI is InChI=1S/C17H25BrN2/c1-12-7-8-20(13(2)9-12)17-6-3-14(10-16(17)18)11-19-15-4-5-15/h3,6,10,12-13,15,19H,4-5,7-9,11H2,1-2H3. The minimum absolute atomic E-state index is 0.644. The molecule has 2 fully saturated rings. The summed E-state index contributed by atoms with van der Waals surface area (Å²) in [5.74, 6) is 0.863. The molecule has 110 valence electrons. The molecule has 0 radical (unpaired) electrons. The van der Waals surface area contributed by atoms with E-state index in [4.69, 9.17) is 0 Å². The van der Waals surface area contributed by atoms with Crippen LogP contribution < -0.4 is 10.2 Å². The zero-order chi connectivity index (χ0) is 14.1. The van der Waals surface area contributed by atoms with Gasteiger partial charge in [0.15, 0.2) is 0 Å². The van der Waals surface area contributed by atoms with Crippen LogP contribution in [0.15, 0.2) is 22.7 Å². The zero-order valence-electron chi connectivity index (χ0n) is 12.5.